The van der Waals surface area contributed by atoms with E-state index in [0.717, 1.165) is 25.9 Å². The Morgan fingerprint density at radius 3 is 2.48 bits per heavy atom. The van der Waals surface area contributed by atoms with E-state index in [1.165, 1.54) is 11.9 Å². The molecule has 10 heteroatoms. The zero-order valence-corrected chi connectivity index (χ0v) is 15.1. The standard InChI is InChI=1S/C15H29F3N6O/c1-19-13(25)10-24-7-4-12(5-8-24)22-14(20-2)21-6-9-23(3)11-15(16,17)18/h12H,4-11H2,1-3H3,(H,19,25)(H2,20,21,22). The van der Waals surface area contributed by atoms with Crippen LogP contribution < -0.4 is 16.0 Å². The van der Waals surface area contributed by atoms with Crippen molar-refractivity contribution in [2.24, 2.45) is 4.99 Å². The molecular weight excluding hydrogens is 337 g/mol. The molecule has 0 aliphatic carbocycles. The van der Waals surface area contributed by atoms with E-state index in [1.54, 1.807) is 14.1 Å². The Bertz CT molecular complexity index is 435. The SMILES string of the molecule is CN=C(NCCN(C)CC(F)(F)F)NC1CCN(CC(=O)NC)CC1. The van der Waals surface area contributed by atoms with E-state index in [2.05, 4.69) is 25.8 Å². The smallest absolute Gasteiger partial charge is 0.358 e. The molecule has 25 heavy (non-hydrogen) atoms. The number of likely N-dealkylation sites (N-methyl/N-ethyl adjacent to an activating group) is 2. The minimum absolute atomic E-state index is 0.00635. The predicted octanol–water partition coefficient (Wildman–Crippen LogP) is -0.144. The van der Waals surface area contributed by atoms with Crippen LogP contribution in [0.15, 0.2) is 4.99 Å². The van der Waals surface area contributed by atoms with Gasteiger partial charge in [-0.25, -0.2) is 0 Å². The fourth-order valence-corrected chi connectivity index (χ4v) is 2.66. The minimum atomic E-state index is -4.18. The molecule has 3 N–H and O–H groups in total. The van der Waals surface area contributed by atoms with Gasteiger partial charge in [0.1, 0.15) is 0 Å². The van der Waals surface area contributed by atoms with Gasteiger partial charge in [-0.05, 0) is 19.9 Å². The van der Waals surface area contributed by atoms with Crippen LogP contribution >= 0.6 is 0 Å². The van der Waals surface area contributed by atoms with Gasteiger partial charge in [-0.3, -0.25) is 19.6 Å². The molecule has 0 unspecified atom stereocenters. The van der Waals surface area contributed by atoms with Crippen molar-refractivity contribution < 1.29 is 18.0 Å². The molecule has 0 aromatic carbocycles. The first-order valence-electron chi connectivity index (χ1n) is 8.39. The van der Waals surface area contributed by atoms with Crippen LogP contribution in [0.25, 0.3) is 0 Å². The quantitative estimate of drug-likeness (QED) is 0.432. The number of nitrogens with zero attached hydrogens (tertiary/aromatic N) is 3. The summed E-state index contributed by atoms with van der Waals surface area (Å²) in [4.78, 5) is 18.8. The highest BCUT2D eigenvalue weighted by Crippen LogP contribution is 2.15. The molecule has 1 heterocycles. The molecule has 1 fully saturated rings. The summed E-state index contributed by atoms with van der Waals surface area (Å²) < 4.78 is 36.8. The van der Waals surface area contributed by atoms with Gasteiger partial charge in [-0.2, -0.15) is 13.2 Å². The molecule has 0 spiro atoms. The highest BCUT2D eigenvalue weighted by Gasteiger charge is 2.28. The second-order valence-corrected chi connectivity index (χ2v) is 6.22. The number of carbonyl (C=O) groups is 1. The van der Waals surface area contributed by atoms with Crippen LogP contribution in [0.2, 0.25) is 0 Å². The molecule has 0 saturated carbocycles. The second kappa shape index (κ2) is 10.4. The van der Waals surface area contributed by atoms with E-state index in [1.807, 2.05) is 0 Å². The Hall–Kier alpha value is -1.55. The van der Waals surface area contributed by atoms with Crippen molar-refractivity contribution in [3.05, 3.63) is 0 Å². The largest absolute Gasteiger partial charge is 0.401 e. The van der Waals surface area contributed by atoms with Crippen LogP contribution in [0, 0.1) is 0 Å². The van der Waals surface area contributed by atoms with E-state index < -0.39 is 12.7 Å². The Kier molecular flexibility index (Phi) is 8.98. The molecule has 0 aromatic rings. The first-order valence-corrected chi connectivity index (χ1v) is 8.39. The Morgan fingerprint density at radius 2 is 1.96 bits per heavy atom. The maximum Gasteiger partial charge on any atom is 0.401 e. The molecule has 0 aromatic heterocycles. The summed E-state index contributed by atoms with van der Waals surface area (Å²) in [6.45, 7) is 1.76. The normalized spacial score (nSPS) is 17.6. The lowest BCUT2D eigenvalue weighted by Crippen LogP contribution is -2.50. The average Bonchev–Trinajstić information content (AvgIpc) is 2.53. The molecular formula is C15H29F3N6O. The highest BCUT2D eigenvalue weighted by atomic mass is 19.4. The predicted molar refractivity (Wildman–Crippen MR) is 91.6 cm³/mol. The number of alkyl halides is 3. The van der Waals surface area contributed by atoms with E-state index in [9.17, 15) is 18.0 Å². The van der Waals surface area contributed by atoms with Gasteiger partial charge in [0, 0.05) is 46.3 Å². The summed E-state index contributed by atoms with van der Waals surface area (Å²) in [7, 11) is 4.70. The van der Waals surface area contributed by atoms with Crippen LogP contribution in [-0.2, 0) is 4.79 Å². The number of nitrogens with one attached hydrogen (secondary N) is 3. The van der Waals surface area contributed by atoms with Gasteiger partial charge in [-0.1, -0.05) is 0 Å². The summed E-state index contributed by atoms with van der Waals surface area (Å²) >= 11 is 0. The third kappa shape index (κ3) is 9.49. The number of guanidine groups is 1. The van der Waals surface area contributed by atoms with E-state index >= 15 is 0 Å². The third-order valence-electron chi connectivity index (χ3n) is 4.03. The summed E-state index contributed by atoms with van der Waals surface area (Å²) in [6.07, 6.45) is -2.42. The van der Waals surface area contributed by atoms with Crippen LogP contribution in [0.1, 0.15) is 12.8 Å². The molecule has 1 aliphatic heterocycles. The van der Waals surface area contributed by atoms with Gasteiger partial charge < -0.3 is 16.0 Å². The van der Waals surface area contributed by atoms with Gasteiger partial charge in [0.15, 0.2) is 5.96 Å². The van der Waals surface area contributed by atoms with Crippen molar-refractivity contribution in [1.82, 2.24) is 25.8 Å². The van der Waals surface area contributed by atoms with Crippen LogP contribution in [0.5, 0.6) is 0 Å². The van der Waals surface area contributed by atoms with Gasteiger partial charge >= 0.3 is 6.18 Å². The van der Waals surface area contributed by atoms with Crippen molar-refractivity contribution in [1.29, 1.82) is 0 Å². The molecule has 1 aliphatic rings. The van der Waals surface area contributed by atoms with E-state index in [-0.39, 0.29) is 18.5 Å². The van der Waals surface area contributed by atoms with Gasteiger partial charge in [0.25, 0.3) is 0 Å². The zero-order valence-electron chi connectivity index (χ0n) is 15.1. The van der Waals surface area contributed by atoms with Crippen molar-refractivity contribution in [3.63, 3.8) is 0 Å². The van der Waals surface area contributed by atoms with Gasteiger partial charge in [0.2, 0.25) is 5.91 Å². The number of amides is 1. The topological polar surface area (TPSA) is 72.0 Å². The molecule has 1 rings (SSSR count). The molecule has 1 saturated heterocycles. The number of piperidine rings is 1. The Morgan fingerprint density at radius 1 is 1.32 bits per heavy atom. The first kappa shape index (κ1) is 21.5. The van der Waals surface area contributed by atoms with E-state index in [0.29, 0.717) is 19.0 Å². The second-order valence-electron chi connectivity index (χ2n) is 6.22. The molecule has 0 bridgehead atoms. The summed E-state index contributed by atoms with van der Waals surface area (Å²) in [5, 5.41) is 8.94. The highest BCUT2D eigenvalue weighted by molar-refractivity contribution is 5.80. The Balaban J connectivity index is 2.25. The van der Waals surface area contributed by atoms with Crippen LogP contribution in [0.3, 0.4) is 0 Å². The molecule has 0 atom stereocenters. The first-order chi connectivity index (χ1) is 11.7. The lowest BCUT2D eigenvalue weighted by Gasteiger charge is -2.32. The lowest BCUT2D eigenvalue weighted by atomic mass is 10.1. The monoisotopic (exact) mass is 366 g/mol. The lowest BCUT2D eigenvalue weighted by molar-refractivity contribution is -0.142. The van der Waals surface area contributed by atoms with Gasteiger partial charge in [-0.15, -0.1) is 0 Å². The number of aliphatic imine (C=N–C) groups is 1. The summed E-state index contributed by atoms with van der Waals surface area (Å²) in [6, 6.07) is 0.236. The van der Waals surface area contributed by atoms with Crippen molar-refractivity contribution >= 4 is 11.9 Å². The van der Waals surface area contributed by atoms with Crippen LogP contribution in [-0.4, -0.2) is 94.3 Å². The number of likely N-dealkylation sites (tertiary alicyclic amines) is 1. The zero-order chi connectivity index (χ0) is 18.9. The maximum absolute atomic E-state index is 12.3. The Labute approximate surface area is 147 Å². The van der Waals surface area contributed by atoms with E-state index in [4.69, 9.17) is 0 Å². The molecule has 1 amide bonds. The van der Waals surface area contributed by atoms with Crippen molar-refractivity contribution in [2.75, 3.05) is 60.4 Å². The van der Waals surface area contributed by atoms with Crippen molar-refractivity contribution in [3.8, 4) is 0 Å². The molecule has 7 nitrogen and oxygen atoms in total. The number of carbonyl (C=O) groups excluding carboxylic acids is 1. The fourth-order valence-electron chi connectivity index (χ4n) is 2.66. The number of halogens is 3. The average molecular weight is 366 g/mol. The maximum atomic E-state index is 12.3. The summed E-state index contributed by atoms with van der Waals surface area (Å²) in [5.41, 5.74) is 0. The fraction of sp³-hybridized carbons (Fsp3) is 0.867. The van der Waals surface area contributed by atoms with Crippen molar-refractivity contribution in [2.45, 2.75) is 25.1 Å². The minimum Gasteiger partial charge on any atom is -0.358 e. The number of hydrogen-bond acceptors (Lipinski definition) is 4. The number of hydrogen-bond donors (Lipinski definition) is 3. The molecule has 146 valence electrons. The van der Waals surface area contributed by atoms with Crippen LogP contribution in [0.4, 0.5) is 13.2 Å². The summed E-state index contributed by atoms with van der Waals surface area (Å²) in [5.74, 6) is 0.594. The van der Waals surface area contributed by atoms with Gasteiger partial charge in [0.05, 0.1) is 13.1 Å². The molecule has 0 radical (unpaired) electrons. The third-order valence-corrected chi connectivity index (χ3v) is 4.03. The number of rotatable bonds is 7.